The summed E-state index contributed by atoms with van der Waals surface area (Å²) in [5.74, 6) is -0.209. The van der Waals surface area contributed by atoms with Crippen LogP contribution in [0.25, 0.3) is 0 Å². The van der Waals surface area contributed by atoms with E-state index in [0.717, 1.165) is 4.90 Å². The monoisotopic (exact) mass is 387 g/mol. The molecule has 0 aromatic heterocycles. The molecule has 0 bridgehead atoms. The van der Waals surface area contributed by atoms with Gasteiger partial charge in [0, 0.05) is 16.1 Å². The van der Waals surface area contributed by atoms with E-state index in [0.29, 0.717) is 17.0 Å². The van der Waals surface area contributed by atoms with Gasteiger partial charge < -0.3 is 14.8 Å². The number of thioether (sulfide) groups is 1. The van der Waals surface area contributed by atoms with E-state index in [1.54, 1.807) is 56.5 Å². The Morgan fingerprint density at radius 1 is 1.07 bits per heavy atom. The van der Waals surface area contributed by atoms with E-state index < -0.39 is 5.97 Å². The first-order valence-electron chi connectivity index (χ1n) is 8.37. The maximum absolute atomic E-state index is 12.4. The van der Waals surface area contributed by atoms with Gasteiger partial charge in [-0.05, 0) is 43.3 Å². The molecule has 7 heteroatoms. The van der Waals surface area contributed by atoms with E-state index in [1.165, 1.54) is 11.8 Å². The molecular formula is C20H21NO5S. The molecule has 0 aliphatic rings. The molecule has 6 nitrogen and oxygen atoms in total. The Morgan fingerprint density at radius 2 is 1.85 bits per heavy atom. The molecule has 2 aromatic carbocycles. The van der Waals surface area contributed by atoms with Gasteiger partial charge in [-0.2, -0.15) is 0 Å². The maximum atomic E-state index is 12.4. The maximum Gasteiger partial charge on any atom is 0.313 e. The molecule has 0 heterocycles. The summed E-state index contributed by atoms with van der Waals surface area (Å²) >= 11 is 1.30. The summed E-state index contributed by atoms with van der Waals surface area (Å²) in [6, 6.07) is 14.0. The Labute approximate surface area is 162 Å². The van der Waals surface area contributed by atoms with Crippen LogP contribution in [0, 0.1) is 0 Å². The van der Waals surface area contributed by atoms with Crippen LogP contribution in [0.4, 0.5) is 5.69 Å². The van der Waals surface area contributed by atoms with Crippen molar-refractivity contribution in [2.75, 3.05) is 24.8 Å². The van der Waals surface area contributed by atoms with Gasteiger partial charge >= 0.3 is 5.97 Å². The average molecular weight is 387 g/mol. The van der Waals surface area contributed by atoms with Gasteiger partial charge in [0.2, 0.25) is 0 Å². The molecule has 2 rings (SSSR count). The minimum absolute atomic E-state index is 0.159. The Balaban J connectivity index is 1.93. The van der Waals surface area contributed by atoms with E-state index in [2.05, 4.69) is 5.32 Å². The van der Waals surface area contributed by atoms with Gasteiger partial charge in [0.15, 0.2) is 5.78 Å². The number of ketones is 1. The summed E-state index contributed by atoms with van der Waals surface area (Å²) in [6.07, 6.45) is -0.229. The lowest BCUT2D eigenvalue weighted by molar-refractivity contribution is -0.145. The highest BCUT2D eigenvalue weighted by Crippen LogP contribution is 2.23. The number of esters is 1. The number of benzene rings is 2. The topological polar surface area (TPSA) is 81.7 Å². The summed E-state index contributed by atoms with van der Waals surface area (Å²) in [7, 11) is 1.54. The molecule has 2 aromatic rings. The molecule has 1 N–H and O–H groups in total. The normalized spacial score (nSPS) is 10.1. The summed E-state index contributed by atoms with van der Waals surface area (Å²) in [4.78, 5) is 36.3. The molecule has 0 fully saturated rings. The number of Topliss-reactive ketones (excluding diaryl/α,β-unsaturated/α-hetero) is 1. The molecule has 0 saturated heterocycles. The quantitative estimate of drug-likeness (QED) is 0.402. The first-order chi connectivity index (χ1) is 13.0. The molecule has 0 saturated carbocycles. The van der Waals surface area contributed by atoms with Crippen LogP contribution in [0.2, 0.25) is 0 Å². The van der Waals surface area contributed by atoms with Gasteiger partial charge in [-0.3, -0.25) is 14.4 Å². The van der Waals surface area contributed by atoms with Crippen molar-refractivity contribution in [3.8, 4) is 5.75 Å². The zero-order chi connectivity index (χ0) is 19.6. The molecule has 0 aliphatic heterocycles. The van der Waals surface area contributed by atoms with E-state index in [4.69, 9.17) is 9.47 Å². The molecule has 1 amide bonds. The van der Waals surface area contributed by atoms with E-state index in [9.17, 15) is 14.4 Å². The number of amides is 1. The van der Waals surface area contributed by atoms with Crippen molar-refractivity contribution in [2.24, 2.45) is 0 Å². The van der Waals surface area contributed by atoms with E-state index in [-0.39, 0.29) is 30.5 Å². The van der Waals surface area contributed by atoms with Crippen molar-refractivity contribution in [2.45, 2.75) is 18.2 Å². The number of hydrogen-bond acceptors (Lipinski definition) is 6. The molecule has 0 atom stereocenters. The van der Waals surface area contributed by atoms with Gasteiger partial charge in [0.25, 0.3) is 5.91 Å². The second-order valence-electron chi connectivity index (χ2n) is 5.52. The van der Waals surface area contributed by atoms with Gasteiger partial charge in [-0.1, -0.05) is 12.1 Å². The van der Waals surface area contributed by atoms with Crippen LogP contribution >= 0.6 is 11.8 Å². The highest BCUT2D eigenvalue weighted by molar-refractivity contribution is 8.00. The van der Waals surface area contributed by atoms with Crippen LogP contribution in [0.3, 0.4) is 0 Å². The van der Waals surface area contributed by atoms with Crippen molar-refractivity contribution in [1.82, 2.24) is 0 Å². The van der Waals surface area contributed by atoms with Gasteiger partial charge in [0.1, 0.15) is 12.2 Å². The number of rotatable bonds is 9. The fourth-order valence-electron chi connectivity index (χ4n) is 2.22. The predicted octanol–water partition coefficient (Wildman–Crippen LogP) is 3.56. The molecule has 0 aliphatic carbocycles. The van der Waals surface area contributed by atoms with Crippen LogP contribution < -0.4 is 10.1 Å². The highest BCUT2D eigenvalue weighted by Gasteiger charge is 2.11. The summed E-state index contributed by atoms with van der Waals surface area (Å²) in [6.45, 7) is 1.96. The van der Waals surface area contributed by atoms with E-state index >= 15 is 0 Å². The van der Waals surface area contributed by atoms with Crippen molar-refractivity contribution in [3.63, 3.8) is 0 Å². The van der Waals surface area contributed by atoms with Crippen molar-refractivity contribution in [3.05, 3.63) is 54.1 Å². The van der Waals surface area contributed by atoms with Crippen molar-refractivity contribution in [1.29, 1.82) is 0 Å². The van der Waals surface area contributed by atoms with Crippen LogP contribution in [-0.2, 0) is 14.3 Å². The second-order valence-corrected chi connectivity index (χ2v) is 6.57. The lowest BCUT2D eigenvalue weighted by Gasteiger charge is -2.08. The van der Waals surface area contributed by atoms with Crippen LogP contribution in [0.1, 0.15) is 23.7 Å². The third-order valence-electron chi connectivity index (χ3n) is 3.47. The number of methoxy groups -OCH3 is 1. The minimum Gasteiger partial charge on any atom is -0.497 e. The average Bonchev–Trinajstić information content (AvgIpc) is 2.67. The molecular weight excluding hydrogens is 366 g/mol. The molecule has 142 valence electrons. The minimum atomic E-state index is -0.512. The Hall–Kier alpha value is -2.80. The molecule has 0 spiro atoms. The predicted molar refractivity (Wildman–Crippen MR) is 104 cm³/mol. The van der Waals surface area contributed by atoms with Gasteiger partial charge in [0.05, 0.1) is 19.5 Å². The van der Waals surface area contributed by atoms with Crippen LogP contribution in [0.15, 0.2) is 53.4 Å². The van der Waals surface area contributed by atoms with E-state index in [1.807, 2.05) is 6.07 Å². The number of ether oxygens (including phenoxy) is 2. The zero-order valence-corrected chi connectivity index (χ0v) is 16.0. The first-order valence-corrected chi connectivity index (χ1v) is 9.36. The Morgan fingerprint density at radius 3 is 2.59 bits per heavy atom. The number of nitrogens with one attached hydrogen (secondary N) is 1. The third-order valence-corrected chi connectivity index (χ3v) is 4.52. The number of carbonyl (C=O) groups is 3. The lowest BCUT2D eigenvalue weighted by atomic mass is 10.2. The molecule has 27 heavy (non-hydrogen) atoms. The Bertz CT molecular complexity index is 822. The summed E-state index contributed by atoms with van der Waals surface area (Å²) in [5.41, 5.74) is 1.10. The highest BCUT2D eigenvalue weighted by atomic mass is 32.2. The number of carbonyl (C=O) groups excluding carboxylic acids is 3. The van der Waals surface area contributed by atoms with Crippen molar-refractivity contribution < 1.29 is 23.9 Å². The van der Waals surface area contributed by atoms with Crippen LogP contribution in [0.5, 0.6) is 5.75 Å². The smallest absolute Gasteiger partial charge is 0.313 e. The molecule has 0 unspecified atom stereocenters. The second kappa shape index (κ2) is 10.4. The summed E-state index contributed by atoms with van der Waals surface area (Å²) < 4.78 is 9.88. The molecule has 0 radical (unpaired) electrons. The Kier molecular flexibility index (Phi) is 7.88. The lowest BCUT2D eigenvalue weighted by Crippen LogP contribution is -2.13. The SMILES string of the molecule is CCOC(=O)CC(=O)CSc1cccc(NC(=O)c2cccc(OC)c2)c1. The fraction of sp³-hybridized carbons (Fsp3) is 0.250. The van der Waals surface area contributed by atoms with Crippen molar-refractivity contribution >= 4 is 35.1 Å². The fourth-order valence-corrected chi connectivity index (χ4v) is 3.03. The zero-order valence-electron chi connectivity index (χ0n) is 15.2. The number of hydrogen-bond donors (Lipinski definition) is 1. The summed E-state index contributed by atoms with van der Waals surface area (Å²) in [5, 5.41) is 2.82. The largest absolute Gasteiger partial charge is 0.497 e. The standard InChI is InChI=1S/C20H21NO5S/c1-3-26-19(23)12-16(22)13-27-18-9-5-7-15(11-18)21-20(24)14-6-4-8-17(10-14)25-2/h4-11H,3,12-13H2,1-2H3,(H,21,24). The first kappa shape index (κ1) is 20.5. The van der Waals surface area contributed by atoms with Gasteiger partial charge in [-0.25, -0.2) is 0 Å². The van der Waals surface area contributed by atoms with Gasteiger partial charge in [-0.15, -0.1) is 11.8 Å². The van der Waals surface area contributed by atoms with Crippen LogP contribution in [-0.4, -0.2) is 37.1 Å². The third kappa shape index (κ3) is 6.79. The number of anilines is 1.